The second-order valence-electron chi connectivity index (χ2n) is 10.0. The van der Waals surface area contributed by atoms with E-state index in [9.17, 15) is 48.9 Å². The Morgan fingerprint density at radius 1 is 0.977 bits per heavy atom. The molecule has 1 aromatic carbocycles. The summed E-state index contributed by atoms with van der Waals surface area (Å²) in [6, 6.07) is 3.62. The number of pyridine rings is 1. The van der Waals surface area contributed by atoms with E-state index in [0.717, 1.165) is 19.4 Å². The van der Waals surface area contributed by atoms with Crippen molar-refractivity contribution in [3.8, 4) is 11.5 Å². The molecule has 6 rings (SSSR count). The Morgan fingerprint density at radius 2 is 1.63 bits per heavy atom. The molecule has 7 N–H and O–H groups in total. The number of nitrogens with one attached hydrogen (secondary N) is 2. The van der Waals surface area contributed by atoms with Crippen molar-refractivity contribution < 1.29 is 29.6 Å². The summed E-state index contributed by atoms with van der Waals surface area (Å²) in [5, 5.41) is 34.9. The number of carbonyl (C=O) groups is 2. The first-order valence-electron chi connectivity index (χ1n) is 12.5. The van der Waals surface area contributed by atoms with Gasteiger partial charge in [-0.2, -0.15) is 5.10 Å². The van der Waals surface area contributed by atoms with E-state index in [0.29, 0.717) is 5.56 Å². The minimum Gasteiger partial charge on any atom is -0.510 e. The van der Waals surface area contributed by atoms with E-state index in [2.05, 4.69) is 10.1 Å². The molecule has 0 radical (unpaired) electrons. The maximum Gasteiger partial charge on any atom is 0.329 e. The van der Waals surface area contributed by atoms with Crippen molar-refractivity contribution in [1.29, 1.82) is 0 Å². The number of methoxy groups -OCH3 is 1. The number of hydrogen-bond donors (Lipinski definition) is 6. The number of hydrogen-bond acceptors (Lipinski definition) is 12. The second-order valence-corrected chi connectivity index (χ2v) is 10.0. The summed E-state index contributed by atoms with van der Waals surface area (Å²) >= 11 is 0. The molecule has 0 bridgehead atoms. The average Bonchev–Trinajstić information content (AvgIpc) is 3.44. The Balaban J connectivity index is 1.64. The number of aromatic hydroxyl groups is 1. The summed E-state index contributed by atoms with van der Waals surface area (Å²) in [4.78, 5) is 90.3. The van der Waals surface area contributed by atoms with E-state index in [-0.39, 0.29) is 34.9 Å². The third-order valence-electron chi connectivity index (χ3n) is 7.87. The quantitative estimate of drug-likeness (QED) is 0.0778. The topological polar surface area (TPSA) is 256 Å². The molecule has 15 heteroatoms. The molecule has 15 nitrogen and oxygen atoms in total. The molecule has 1 aromatic heterocycles. The van der Waals surface area contributed by atoms with Gasteiger partial charge in [0.25, 0.3) is 5.56 Å². The first kappa shape index (κ1) is 27.1. The Labute approximate surface area is 235 Å². The van der Waals surface area contributed by atoms with Gasteiger partial charge < -0.3 is 30.8 Å². The summed E-state index contributed by atoms with van der Waals surface area (Å²) in [6.07, 6.45) is 0.943. The molecule has 2 amide bonds. The number of aliphatic hydroxyl groups is 2. The van der Waals surface area contributed by atoms with Crippen LogP contribution in [0.15, 0.2) is 47.3 Å². The number of H-pyrrole nitrogens is 1. The van der Waals surface area contributed by atoms with Crippen LogP contribution >= 0.6 is 0 Å². The van der Waals surface area contributed by atoms with E-state index in [1.807, 2.05) is 5.43 Å². The van der Waals surface area contributed by atoms with Crippen LogP contribution in [-0.2, 0) is 21.4 Å². The number of phenolic OH excluding ortho intramolecular Hbond substituents is 1. The summed E-state index contributed by atoms with van der Waals surface area (Å²) in [7, 11) is 1.10. The molecule has 43 heavy (non-hydrogen) atoms. The monoisotopic (exact) mass is 586 g/mol. The van der Waals surface area contributed by atoms with Crippen LogP contribution in [0.3, 0.4) is 0 Å². The van der Waals surface area contributed by atoms with Crippen LogP contribution in [0.5, 0.6) is 11.5 Å². The van der Waals surface area contributed by atoms with Crippen LogP contribution in [-0.4, -0.2) is 45.4 Å². The van der Waals surface area contributed by atoms with E-state index < -0.39 is 88.4 Å². The maximum atomic E-state index is 13.6. The van der Waals surface area contributed by atoms with Crippen LogP contribution in [0.25, 0.3) is 22.3 Å². The molecule has 0 saturated carbocycles. The zero-order chi connectivity index (χ0) is 31.1. The lowest BCUT2D eigenvalue weighted by molar-refractivity contribution is -0.137. The zero-order valence-corrected chi connectivity index (χ0v) is 21.9. The number of rotatable bonds is 3. The number of aromatic nitrogens is 1. The van der Waals surface area contributed by atoms with Gasteiger partial charge in [-0.25, -0.2) is 5.43 Å². The number of benzene rings is 1. The van der Waals surface area contributed by atoms with E-state index in [4.69, 9.17) is 10.5 Å². The zero-order valence-electron chi connectivity index (χ0n) is 21.9. The van der Waals surface area contributed by atoms with Crippen molar-refractivity contribution in [2.24, 2.45) is 10.8 Å². The van der Waals surface area contributed by atoms with Crippen molar-refractivity contribution in [2.45, 2.75) is 18.3 Å². The lowest BCUT2D eigenvalue weighted by Gasteiger charge is -2.27. The fourth-order valence-corrected chi connectivity index (χ4v) is 6.05. The minimum absolute atomic E-state index is 0.0577. The Kier molecular flexibility index (Phi) is 5.63. The molecule has 1 unspecified atom stereocenters. The van der Waals surface area contributed by atoms with Crippen molar-refractivity contribution >= 4 is 40.3 Å². The van der Waals surface area contributed by atoms with Crippen LogP contribution in [0, 0.1) is 10.4 Å². The highest BCUT2D eigenvalue weighted by atomic mass is 16.5. The van der Waals surface area contributed by atoms with E-state index in [1.165, 1.54) is 12.1 Å². The van der Waals surface area contributed by atoms with Crippen molar-refractivity contribution in [3.05, 3.63) is 107 Å². The van der Waals surface area contributed by atoms with Gasteiger partial charge in [0.2, 0.25) is 16.3 Å². The largest absolute Gasteiger partial charge is 0.510 e. The lowest BCUT2D eigenvalue weighted by Crippen LogP contribution is -2.51. The number of amides is 2. The minimum atomic E-state index is -2.03. The molecule has 0 saturated heterocycles. The smallest absolute Gasteiger partial charge is 0.329 e. The predicted octanol–water partition coefficient (Wildman–Crippen LogP) is -3.55. The number of aryl methyl sites for hydroxylation is 1. The molecule has 0 fully saturated rings. The summed E-state index contributed by atoms with van der Waals surface area (Å²) in [5.41, 5.74) is -0.311. The molecule has 216 valence electrons. The van der Waals surface area contributed by atoms with E-state index >= 15 is 0 Å². The fourth-order valence-electron chi connectivity index (χ4n) is 6.05. The Bertz CT molecular complexity index is 2510. The number of nitrogens with two attached hydrogens (primary N) is 1. The molecule has 4 aliphatic carbocycles. The van der Waals surface area contributed by atoms with Gasteiger partial charge in [0.15, 0.2) is 11.2 Å². The van der Waals surface area contributed by atoms with Gasteiger partial charge in [-0.15, -0.1) is 0 Å². The molecule has 1 atom stereocenters. The standard InChI is InChI=1S/C28H18N4O11/c1-43-12-6-11(33)14-15(19(12)34)21(36)17-16(20(14)35)23(38)28(24(17)39)3-2-8-4-9-5-10(7-30-32-27(42)25(29)40)31-26(41)13(9)22(37)18(8)28/h4-7,37-39H,2-3H2,1H3,(H2,29,40)(H,31,41)(H,32,42). The van der Waals surface area contributed by atoms with Crippen LogP contribution in [0.2, 0.25) is 0 Å². The molecule has 2 aromatic rings. The maximum absolute atomic E-state index is 13.6. The third kappa shape index (κ3) is 3.41. The number of ether oxygens (including phenoxy) is 1. The summed E-state index contributed by atoms with van der Waals surface area (Å²) < 4.78 is 4.87. The molecule has 4 aliphatic rings. The number of primary amides is 1. The van der Waals surface area contributed by atoms with Crippen LogP contribution in [0.1, 0.15) is 23.2 Å². The molecular weight excluding hydrogens is 568 g/mol. The Morgan fingerprint density at radius 3 is 2.26 bits per heavy atom. The molecule has 1 spiro atoms. The lowest BCUT2D eigenvalue weighted by atomic mass is 9.78. The first-order chi connectivity index (χ1) is 20.3. The van der Waals surface area contributed by atoms with Gasteiger partial charge in [0.05, 0.1) is 45.3 Å². The highest BCUT2D eigenvalue weighted by Gasteiger charge is 2.53. The number of carbonyl (C=O) groups excluding carboxylic acids is 2. The van der Waals surface area contributed by atoms with Crippen molar-refractivity contribution in [1.82, 2.24) is 10.4 Å². The molecule has 1 heterocycles. The van der Waals surface area contributed by atoms with Gasteiger partial charge in [0.1, 0.15) is 22.7 Å². The van der Waals surface area contributed by atoms with Gasteiger partial charge in [-0.1, -0.05) is 6.07 Å². The summed E-state index contributed by atoms with van der Waals surface area (Å²) in [6.45, 7) is 0. The van der Waals surface area contributed by atoms with Crippen LogP contribution < -0.4 is 53.6 Å². The second kappa shape index (κ2) is 8.94. The van der Waals surface area contributed by atoms with Crippen molar-refractivity contribution in [3.63, 3.8) is 0 Å². The molecular formula is C28H18N4O11. The number of fused-ring (bicyclic) bond motifs is 4. The van der Waals surface area contributed by atoms with Gasteiger partial charge in [0, 0.05) is 11.6 Å². The highest BCUT2D eigenvalue weighted by Crippen LogP contribution is 2.54. The van der Waals surface area contributed by atoms with Crippen molar-refractivity contribution in [2.75, 3.05) is 7.11 Å². The van der Waals surface area contributed by atoms with Gasteiger partial charge >= 0.3 is 11.8 Å². The SMILES string of the molecule is COc1cc(=O)c2c(=O)c3c(c(=O)c=2c1=O)=C(O)C1(CCc2cc4cc(C=NNC(=O)C(N)=O)[nH]c(=O)c4c(O)c21)C=3O. The summed E-state index contributed by atoms with van der Waals surface area (Å²) in [5.74, 6) is -5.26. The van der Waals surface area contributed by atoms with Gasteiger partial charge in [-0.05, 0) is 29.9 Å². The van der Waals surface area contributed by atoms with Gasteiger partial charge in [-0.3, -0.25) is 33.6 Å². The predicted molar refractivity (Wildman–Crippen MR) is 148 cm³/mol. The number of hydrazone groups is 1. The average molecular weight is 586 g/mol. The van der Waals surface area contributed by atoms with E-state index in [1.54, 1.807) is 0 Å². The number of aromatic amines is 1. The number of aliphatic hydroxyl groups excluding tert-OH is 2. The fraction of sp³-hybridized carbons (Fsp3) is 0.143. The van der Waals surface area contributed by atoms with Crippen LogP contribution in [0.4, 0.5) is 0 Å². The number of nitrogens with zero attached hydrogens (tertiary/aromatic N) is 1. The highest BCUT2D eigenvalue weighted by molar-refractivity contribution is 6.34. The first-order valence-corrected chi connectivity index (χ1v) is 12.5. The third-order valence-corrected chi connectivity index (χ3v) is 7.87. The molecule has 0 aliphatic heterocycles. The normalized spacial score (nSPS) is 17.2. The Hall–Kier alpha value is -6.12. The number of phenols is 1.